The second-order valence-electron chi connectivity index (χ2n) is 5.37. The molecule has 1 heterocycles. The molecule has 0 bridgehead atoms. The molecule has 0 fully saturated rings. The van der Waals surface area contributed by atoms with Gasteiger partial charge in [0.25, 0.3) is 0 Å². The van der Waals surface area contributed by atoms with E-state index < -0.39 is 5.97 Å². The first-order valence-electron chi connectivity index (χ1n) is 7.61. The van der Waals surface area contributed by atoms with E-state index in [0.29, 0.717) is 28.0 Å². The van der Waals surface area contributed by atoms with E-state index in [-0.39, 0.29) is 13.4 Å². The molecule has 0 unspecified atom stereocenters. The Labute approximate surface area is 148 Å². The fourth-order valence-corrected chi connectivity index (χ4v) is 2.83. The van der Waals surface area contributed by atoms with Gasteiger partial charge in [-0.15, -0.1) is 0 Å². The van der Waals surface area contributed by atoms with Gasteiger partial charge >= 0.3 is 5.97 Å². The topological polar surface area (TPSA) is 54.0 Å². The number of hydrogen-bond acceptors (Lipinski definition) is 5. The Morgan fingerprint density at radius 1 is 1.00 bits per heavy atom. The fourth-order valence-electron chi connectivity index (χ4n) is 2.60. The highest BCUT2D eigenvalue weighted by atomic mass is 35.5. The van der Waals surface area contributed by atoms with Gasteiger partial charge in [-0.3, -0.25) is 0 Å². The number of halogens is 1. The molecular weight excluding hydrogens is 344 g/mol. The van der Waals surface area contributed by atoms with Gasteiger partial charge in [0.1, 0.15) is 11.5 Å². The van der Waals surface area contributed by atoms with Gasteiger partial charge in [-0.05, 0) is 24.3 Å². The lowest BCUT2D eigenvalue weighted by atomic mass is 10.1. The van der Waals surface area contributed by atoms with Crippen LogP contribution < -0.4 is 18.9 Å². The molecule has 1 aliphatic heterocycles. The second kappa shape index (κ2) is 6.53. The minimum absolute atomic E-state index is 0.166. The number of fused-ring (bicyclic) bond motifs is 2. The minimum atomic E-state index is -0.516. The van der Waals surface area contributed by atoms with Crippen LogP contribution in [0.15, 0.2) is 54.6 Å². The Kier molecular flexibility index (Phi) is 4.07. The molecule has 0 saturated heterocycles. The van der Waals surface area contributed by atoms with Crippen LogP contribution in [0.5, 0.6) is 23.0 Å². The lowest BCUT2D eigenvalue weighted by molar-refractivity contribution is -0.136. The van der Waals surface area contributed by atoms with Crippen LogP contribution >= 0.6 is 11.6 Å². The van der Waals surface area contributed by atoms with Gasteiger partial charge < -0.3 is 18.9 Å². The SMILES string of the molecule is O=C(COc1ccc(Cl)c2ccccc12)Oc1ccc2c(c1)OCO2. The van der Waals surface area contributed by atoms with Gasteiger partial charge in [-0.25, -0.2) is 4.79 Å². The first-order valence-corrected chi connectivity index (χ1v) is 7.99. The van der Waals surface area contributed by atoms with E-state index in [4.69, 9.17) is 30.5 Å². The predicted octanol–water partition coefficient (Wildman–Crippen LogP) is 4.21. The van der Waals surface area contributed by atoms with Crippen molar-refractivity contribution in [3.8, 4) is 23.0 Å². The molecule has 25 heavy (non-hydrogen) atoms. The number of benzene rings is 3. The highest BCUT2D eigenvalue weighted by Gasteiger charge is 2.16. The van der Waals surface area contributed by atoms with Crippen molar-refractivity contribution in [2.45, 2.75) is 0 Å². The molecule has 0 aliphatic carbocycles. The van der Waals surface area contributed by atoms with Crippen molar-refractivity contribution in [1.82, 2.24) is 0 Å². The Bertz CT molecular complexity index is 954. The van der Waals surface area contributed by atoms with Crippen molar-refractivity contribution in [2.75, 3.05) is 13.4 Å². The van der Waals surface area contributed by atoms with Gasteiger partial charge in [0, 0.05) is 21.9 Å². The summed E-state index contributed by atoms with van der Waals surface area (Å²) in [6.45, 7) is -0.0560. The molecule has 0 N–H and O–H groups in total. The van der Waals surface area contributed by atoms with Gasteiger partial charge in [-0.1, -0.05) is 35.9 Å². The van der Waals surface area contributed by atoms with Crippen LogP contribution in [-0.2, 0) is 4.79 Å². The largest absolute Gasteiger partial charge is 0.481 e. The average molecular weight is 357 g/mol. The maximum Gasteiger partial charge on any atom is 0.349 e. The van der Waals surface area contributed by atoms with Crippen LogP contribution in [-0.4, -0.2) is 19.4 Å². The van der Waals surface area contributed by atoms with Crippen LogP contribution in [0, 0.1) is 0 Å². The summed E-state index contributed by atoms with van der Waals surface area (Å²) >= 11 is 6.18. The molecule has 5 nitrogen and oxygen atoms in total. The normalized spacial score (nSPS) is 12.2. The number of rotatable bonds is 4. The van der Waals surface area contributed by atoms with Crippen molar-refractivity contribution < 1.29 is 23.7 Å². The minimum Gasteiger partial charge on any atom is -0.481 e. The van der Waals surface area contributed by atoms with Gasteiger partial charge in [0.05, 0.1) is 0 Å². The molecule has 0 atom stereocenters. The highest BCUT2D eigenvalue weighted by Crippen LogP contribution is 2.35. The smallest absolute Gasteiger partial charge is 0.349 e. The zero-order valence-electron chi connectivity index (χ0n) is 13.0. The van der Waals surface area contributed by atoms with Crippen molar-refractivity contribution >= 4 is 28.3 Å². The molecule has 126 valence electrons. The standard InChI is InChI=1S/C19H13ClO5/c20-15-6-8-16(14-4-2-1-3-13(14)15)22-10-19(21)25-12-5-7-17-18(9-12)24-11-23-17/h1-9H,10-11H2. The summed E-state index contributed by atoms with van der Waals surface area (Å²) in [5.41, 5.74) is 0. The summed E-state index contributed by atoms with van der Waals surface area (Å²) in [5, 5.41) is 2.34. The summed E-state index contributed by atoms with van der Waals surface area (Å²) in [4.78, 5) is 12.0. The highest BCUT2D eigenvalue weighted by molar-refractivity contribution is 6.35. The molecule has 4 rings (SSSR count). The third kappa shape index (κ3) is 3.19. The summed E-state index contributed by atoms with van der Waals surface area (Å²) in [6, 6.07) is 16.0. The van der Waals surface area contributed by atoms with Crippen LogP contribution in [0.25, 0.3) is 10.8 Å². The zero-order chi connectivity index (χ0) is 17.2. The van der Waals surface area contributed by atoms with Crippen LogP contribution in [0.2, 0.25) is 5.02 Å². The number of carbonyl (C=O) groups excluding carboxylic acids is 1. The van der Waals surface area contributed by atoms with Crippen LogP contribution in [0.3, 0.4) is 0 Å². The van der Waals surface area contributed by atoms with E-state index in [1.54, 1.807) is 30.3 Å². The number of carbonyl (C=O) groups is 1. The Morgan fingerprint density at radius 3 is 2.68 bits per heavy atom. The van der Waals surface area contributed by atoms with E-state index in [9.17, 15) is 4.79 Å². The molecule has 3 aromatic rings. The summed E-state index contributed by atoms with van der Waals surface area (Å²) in [5.74, 6) is 1.61. The fraction of sp³-hybridized carbons (Fsp3) is 0.105. The zero-order valence-corrected chi connectivity index (χ0v) is 13.8. The van der Waals surface area contributed by atoms with E-state index in [1.807, 2.05) is 24.3 Å². The van der Waals surface area contributed by atoms with E-state index in [1.165, 1.54) is 0 Å². The van der Waals surface area contributed by atoms with Crippen molar-refractivity contribution in [3.05, 3.63) is 59.6 Å². The first kappa shape index (κ1) is 15.6. The Morgan fingerprint density at radius 2 is 1.80 bits per heavy atom. The van der Waals surface area contributed by atoms with Crippen molar-refractivity contribution in [3.63, 3.8) is 0 Å². The third-order valence-corrected chi connectivity index (χ3v) is 4.08. The molecule has 6 heteroatoms. The molecule has 0 saturated carbocycles. The molecule has 0 spiro atoms. The Balaban J connectivity index is 1.45. The molecular formula is C19H13ClO5. The molecule has 3 aromatic carbocycles. The lowest BCUT2D eigenvalue weighted by Gasteiger charge is -2.10. The molecule has 1 aliphatic rings. The second-order valence-corrected chi connectivity index (χ2v) is 5.78. The molecule has 0 radical (unpaired) electrons. The van der Waals surface area contributed by atoms with E-state index >= 15 is 0 Å². The van der Waals surface area contributed by atoms with Gasteiger partial charge in [0.15, 0.2) is 18.1 Å². The maximum atomic E-state index is 12.0. The maximum absolute atomic E-state index is 12.0. The van der Waals surface area contributed by atoms with Crippen molar-refractivity contribution in [2.24, 2.45) is 0 Å². The predicted molar refractivity (Wildman–Crippen MR) is 92.7 cm³/mol. The molecule has 0 amide bonds. The number of esters is 1. The van der Waals surface area contributed by atoms with Crippen molar-refractivity contribution in [1.29, 1.82) is 0 Å². The number of hydrogen-bond donors (Lipinski definition) is 0. The lowest BCUT2D eigenvalue weighted by Crippen LogP contribution is -2.17. The quantitative estimate of drug-likeness (QED) is 0.518. The third-order valence-electron chi connectivity index (χ3n) is 3.75. The van der Waals surface area contributed by atoms with E-state index in [0.717, 1.165) is 10.8 Å². The monoisotopic (exact) mass is 356 g/mol. The first-order chi connectivity index (χ1) is 12.2. The summed E-state index contributed by atoms with van der Waals surface area (Å²) < 4.78 is 21.4. The van der Waals surface area contributed by atoms with Gasteiger partial charge in [0.2, 0.25) is 6.79 Å². The van der Waals surface area contributed by atoms with E-state index in [2.05, 4.69) is 0 Å². The van der Waals surface area contributed by atoms with Crippen LogP contribution in [0.4, 0.5) is 0 Å². The van der Waals surface area contributed by atoms with Crippen LogP contribution in [0.1, 0.15) is 0 Å². The number of ether oxygens (including phenoxy) is 4. The molecule has 0 aromatic heterocycles. The Hall–Kier alpha value is -2.92. The van der Waals surface area contributed by atoms with Gasteiger partial charge in [-0.2, -0.15) is 0 Å². The average Bonchev–Trinajstić information content (AvgIpc) is 3.09. The summed E-state index contributed by atoms with van der Waals surface area (Å²) in [7, 11) is 0. The summed E-state index contributed by atoms with van der Waals surface area (Å²) in [6.07, 6.45) is 0.